The van der Waals surface area contributed by atoms with Crippen molar-refractivity contribution in [3.05, 3.63) is 33.0 Å². The lowest BCUT2D eigenvalue weighted by Gasteiger charge is -2.13. The Kier molecular flexibility index (Phi) is 6.01. The molecule has 0 aliphatic heterocycles. The van der Waals surface area contributed by atoms with E-state index in [1.54, 1.807) is 26.2 Å². The summed E-state index contributed by atoms with van der Waals surface area (Å²) in [7, 11) is 6.21. The van der Waals surface area contributed by atoms with Gasteiger partial charge >= 0.3 is 5.97 Å². The van der Waals surface area contributed by atoms with Crippen molar-refractivity contribution in [1.29, 1.82) is 0 Å². The number of hydrogen-bond donors (Lipinski definition) is 1. The molecule has 0 atom stereocenters. The first-order valence-corrected chi connectivity index (χ1v) is 6.97. The topological polar surface area (TPSA) is 76.1 Å². The Morgan fingerprint density at radius 2 is 1.76 bits per heavy atom. The number of carbonyl (C=O) groups excluding carboxylic acids is 1. The third-order valence-corrected chi connectivity index (χ3v) is 3.42. The standard InChI is InChI=1S/C14H16INO5/c1-16(2)7-9(14(18)19)13(17)8-5-10(15)12(21-4)6-11(8)20-3/h5-7H,1-4H3,(H,18,19). The third-order valence-electron chi connectivity index (χ3n) is 2.58. The molecule has 0 bridgehead atoms. The third kappa shape index (κ3) is 4.10. The zero-order valence-corrected chi connectivity index (χ0v) is 14.3. The summed E-state index contributed by atoms with van der Waals surface area (Å²) in [6, 6.07) is 3.11. The lowest BCUT2D eigenvalue weighted by atomic mass is 10.0. The van der Waals surface area contributed by atoms with E-state index in [4.69, 9.17) is 9.47 Å². The molecule has 0 aromatic heterocycles. The minimum atomic E-state index is -1.29. The fraction of sp³-hybridized carbons (Fsp3) is 0.286. The molecule has 0 aliphatic rings. The summed E-state index contributed by atoms with van der Waals surface area (Å²) in [5.74, 6) is -1.09. The fourth-order valence-corrected chi connectivity index (χ4v) is 2.34. The molecule has 114 valence electrons. The number of carboxylic acids is 1. The number of nitrogens with zero attached hydrogens (tertiary/aromatic N) is 1. The van der Waals surface area contributed by atoms with Crippen LogP contribution in [0.3, 0.4) is 0 Å². The summed E-state index contributed by atoms with van der Waals surface area (Å²) >= 11 is 2.01. The predicted molar refractivity (Wildman–Crippen MR) is 86.0 cm³/mol. The SMILES string of the molecule is COc1cc(OC)c(C(=O)C(=CN(C)C)C(=O)O)cc1I. The molecule has 0 saturated carbocycles. The zero-order valence-electron chi connectivity index (χ0n) is 12.1. The first-order valence-electron chi connectivity index (χ1n) is 5.89. The number of carboxylic acid groups (broad SMARTS) is 1. The van der Waals surface area contributed by atoms with Gasteiger partial charge in [-0.3, -0.25) is 4.79 Å². The first kappa shape index (κ1) is 17.3. The largest absolute Gasteiger partial charge is 0.496 e. The molecule has 0 fully saturated rings. The van der Waals surface area contributed by atoms with Gasteiger partial charge in [-0.05, 0) is 28.7 Å². The molecule has 0 radical (unpaired) electrons. The number of carbonyl (C=O) groups is 2. The van der Waals surface area contributed by atoms with E-state index in [-0.39, 0.29) is 16.9 Å². The van der Waals surface area contributed by atoms with Gasteiger partial charge in [0.2, 0.25) is 5.78 Å². The summed E-state index contributed by atoms with van der Waals surface area (Å²) in [4.78, 5) is 25.2. The van der Waals surface area contributed by atoms with Crippen LogP contribution in [0.1, 0.15) is 10.4 Å². The fourth-order valence-electron chi connectivity index (χ4n) is 1.65. The quantitative estimate of drug-likeness (QED) is 0.257. The van der Waals surface area contributed by atoms with E-state index in [0.29, 0.717) is 9.32 Å². The second-order valence-electron chi connectivity index (χ2n) is 4.33. The molecule has 6 nitrogen and oxygen atoms in total. The summed E-state index contributed by atoms with van der Waals surface area (Å²) in [5, 5.41) is 9.20. The number of hydrogen-bond acceptors (Lipinski definition) is 5. The number of methoxy groups -OCH3 is 2. The highest BCUT2D eigenvalue weighted by Gasteiger charge is 2.24. The Bertz CT molecular complexity index is 595. The maximum atomic E-state index is 12.5. The second-order valence-corrected chi connectivity index (χ2v) is 5.49. The average molecular weight is 405 g/mol. The number of rotatable bonds is 6. The maximum absolute atomic E-state index is 12.5. The molecule has 0 aliphatic carbocycles. The van der Waals surface area contributed by atoms with E-state index in [9.17, 15) is 14.7 Å². The van der Waals surface area contributed by atoms with Gasteiger partial charge < -0.3 is 19.5 Å². The predicted octanol–water partition coefficient (Wildman–Crippen LogP) is 2.02. The van der Waals surface area contributed by atoms with E-state index >= 15 is 0 Å². The van der Waals surface area contributed by atoms with Crippen LogP contribution in [0.4, 0.5) is 0 Å². The van der Waals surface area contributed by atoms with Crippen LogP contribution >= 0.6 is 22.6 Å². The lowest BCUT2D eigenvalue weighted by molar-refractivity contribution is -0.132. The molecule has 1 aromatic rings. The molecule has 1 N–H and O–H groups in total. The van der Waals surface area contributed by atoms with Crippen molar-refractivity contribution in [1.82, 2.24) is 4.90 Å². The number of ether oxygens (including phenoxy) is 2. The number of Topliss-reactive ketones (excluding diaryl/α,β-unsaturated/α-hetero) is 1. The molecule has 0 heterocycles. The number of benzene rings is 1. The van der Waals surface area contributed by atoms with Gasteiger partial charge in [0.25, 0.3) is 0 Å². The first-order chi connectivity index (χ1) is 9.81. The molecule has 7 heteroatoms. The van der Waals surface area contributed by atoms with Crippen LogP contribution in [0, 0.1) is 3.57 Å². The van der Waals surface area contributed by atoms with Crippen LogP contribution in [0.15, 0.2) is 23.9 Å². The van der Waals surface area contributed by atoms with Crippen molar-refractivity contribution in [3.63, 3.8) is 0 Å². The van der Waals surface area contributed by atoms with E-state index in [1.807, 2.05) is 22.6 Å². The molecule has 1 rings (SSSR count). The van der Waals surface area contributed by atoms with Crippen molar-refractivity contribution >= 4 is 34.3 Å². The molecular weight excluding hydrogens is 389 g/mol. The molecule has 0 amide bonds. The number of ketones is 1. The van der Waals surface area contributed by atoms with Gasteiger partial charge in [-0.25, -0.2) is 4.79 Å². The van der Waals surface area contributed by atoms with Gasteiger partial charge in [0.15, 0.2) is 0 Å². The summed E-state index contributed by atoms with van der Waals surface area (Å²) in [6.07, 6.45) is 1.27. The smallest absolute Gasteiger partial charge is 0.341 e. The van der Waals surface area contributed by atoms with Crippen LogP contribution in [0.2, 0.25) is 0 Å². The van der Waals surface area contributed by atoms with Gasteiger partial charge in [0.1, 0.15) is 17.1 Å². The highest BCUT2D eigenvalue weighted by atomic mass is 127. The van der Waals surface area contributed by atoms with Crippen molar-refractivity contribution in [2.75, 3.05) is 28.3 Å². The Morgan fingerprint density at radius 1 is 1.19 bits per heavy atom. The van der Waals surface area contributed by atoms with E-state index in [1.165, 1.54) is 25.3 Å². The van der Waals surface area contributed by atoms with Crippen molar-refractivity contribution < 1.29 is 24.2 Å². The molecular formula is C14H16INO5. The van der Waals surface area contributed by atoms with Gasteiger partial charge in [0, 0.05) is 26.4 Å². The Labute approximate surface area is 136 Å². The summed E-state index contributed by atoms with van der Waals surface area (Å²) in [5.41, 5.74) is -0.155. The van der Waals surface area contributed by atoms with E-state index in [2.05, 4.69) is 0 Å². The molecule has 0 unspecified atom stereocenters. The highest BCUT2D eigenvalue weighted by molar-refractivity contribution is 14.1. The lowest BCUT2D eigenvalue weighted by Crippen LogP contribution is -2.17. The zero-order chi connectivity index (χ0) is 16.2. The molecule has 0 saturated heterocycles. The second kappa shape index (κ2) is 7.30. The maximum Gasteiger partial charge on any atom is 0.341 e. The summed E-state index contributed by atoms with van der Waals surface area (Å²) in [6.45, 7) is 0. The van der Waals surface area contributed by atoms with Crippen molar-refractivity contribution in [2.45, 2.75) is 0 Å². The van der Waals surface area contributed by atoms with Crippen molar-refractivity contribution in [2.24, 2.45) is 0 Å². The number of halogens is 1. The van der Waals surface area contributed by atoms with Gasteiger partial charge in [0.05, 0.1) is 23.4 Å². The minimum absolute atomic E-state index is 0.179. The van der Waals surface area contributed by atoms with Crippen LogP contribution < -0.4 is 9.47 Å². The van der Waals surface area contributed by atoms with Gasteiger partial charge in [-0.2, -0.15) is 0 Å². The monoisotopic (exact) mass is 405 g/mol. The molecule has 1 aromatic carbocycles. The minimum Gasteiger partial charge on any atom is -0.496 e. The van der Waals surface area contributed by atoms with Gasteiger partial charge in [-0.15, -0.1) is 0 Å². The van der Waals surface area contributed by atoms with Crippen LogP contribution in [0.5, 0.6) is 11.5 Å². The summed E-state index contributed by atoms with van der Waals surface area (Å²) < 4.78 is 11.0. The van der Waals surface area contributed by atoms with Crippen molar-refractivity contribution in [3.8, 4) is 11.5 Å². The van der Waals surface area contributed by atoms with Gasteiger partial charge in [-0.1, -0.05) is 0 Å². The van der Waals surface area contributed by atoms with Crippen LogP contribution in [0.25, 0.3) is 0 Å². The Hall–Kier alpha value is -1.77. The molecule has 21 heavy (non-hydrogen) atoms. The van der Waals surface area contributed by atoms with E-state index < -0.39 is 11.8 Å². The Morgan fingerprint density at radius 3 is 2.19 bits per heavy atom. The normalized spacial score (nSPS) is 11.0. The van der Waals surface area contributed by atoms with Crippen LogP contribution in [-0.2, 0) is 4.79 Å². The average Bonchev–Trinajstić information content (AvgIpc) is 2.43. The van der Waals surface area contributed by atoms with Crippen LogP contribution in [-0.4, -0.2) is 50.1 Å². The highest BCUT2D eigenvalue weighted by Crippen LogP contribution is 2.31. The van der Waals surface area contributed by atoms with E-state index in [0.717, 1.165) is 0 Å². The Balaban J connectivity index is 3.41. The number of aliphatic carboxylic acids is 1. The molecule has 0 spiro atoms.